The van der Waals surface area contributed by atoms with Crippen LogP contribution in [0, 0.1) is 0 Å². The molecule has 0 spiro atoms. The zero-order valence-corrected chi connectivity index (χ0v) is 12.2. The van der Waals surface area contributed by atoms with E-state index in [0.29, 0.717) is 5.90 Å². The van der Waals surface area contributed by atoms with Crippen molar-refractivity contribution in [3.05, 3.63) is 42.0 Å². The van der Waals surface area contributed by atoms with Crippen molar-refractivity contribution < 1.29 is 18.3 Å². The number of hydrogen-bond acceptors (Lipinski definition) is 4. The van der Waals surface area contributed by atoms with Gasteiger partial charge >= 0.3 is 0 Å². The molecule has 0 fully saturated rings. The molecule has 2 rings (SSSR count). The van der Waals surface area contributed by atoms with E-state index in [1.165, 1.54) is 5.01 Å². The Morgan fingerprint density at radius 3 is 2.76 bits per heavy atom. The lowest BCUT2D eigenvalue weighted by molar-refractivity contribution is -0.135. The van der Waals surface area contributed by atoms with Crippen molar-refractivity contribution in [2.24, 2.45) is 5.10 Å². The summed E-state index contributed by atoms with van der Waals surface area (Å²) in [6.45, 7) is -0.0309. The van der Waals surface area contributed by atoms with E-state index in [0.717, 1.165) is 16.5 Å². The highest BCUT2D eigenvalue weighted by atomic mass is 32.2. The minimum Gasteiger partial charge on any atom is -0.466 e. The van der Waals surface area contributed by atoms with Crippen molar-refractivity contribution in [2.45, 2.75) is 11.3 Å². The third-order valence-corrected chi connectivity index (χ3v) is 3.55. The molecule has 0 saturated carbocycles. The van der Waals surface area contributed by atoms with Gasteiger partial charge in [-0.2, -0.15) is 8.78 Å². The third-order valence-electron chi connectivity index (χ3n) is 2.81. The fourth-order valence-corrected chi connectivity index (χ4v) is 2.15. The summed E-state index contributed by atoms with van der Waals surface area (Å²) in [5.74, 6) is -0.0147. The average molecular weight is 312 g/mol. The van der Waals surface area contributed by atoms with Gasteiger partial charge in [-0.25, -0.2) is 5.01 Å². The van der Waals surface area contributed by atoms with Gasteiger partial charge in [0.15, 0.2) is 6.61 Å². The molecule has 0 atom stereocenters. The number of rotatable bonds is 5. The second kappa shape index (κ2) is 7.21. The van der Waals surface area contributed by atoms with Crippen LogP contribution in [0.5, 0.6) is 0 Å². The number of benzene rings is 1. The van der Waals surface area contributed by atoms with Crippen molar-refractivity contribution in [3.63, 3.8) is 0 Å². The Labute approximate surface area is 125 Å². The molecule has 21 heavy (non-hydrogen) atoms. The molecule has 1 aromatic carbocycles. The summed E-state index contributed by atoms with van der Waals surface area (Å²) in [6.07, 6.45) is 1.04. The molecule has 0 aromatic heterocycles. The van der Waals surface area contributed by atoms with Crippen LogP contribution in [-0.4, -0.2) is 36.2 Å². The highest BCUT2D eigenvalue weighted by Crippen LogP contribution is 2.17. The van der Waals surface area contributed by atoms with Crippen LogP contribution in [-0.2, 0) is 9.53 Å². The smallest absolute Gasteiger partial charge is 0.280 e. The van der Waals surface area contributed by atoms with Gasteiger partial charge in [0.25, 0.3) is 12.0 Å². The van der Waals surface area contributed by atoms with E-state index >= 15 is 0 Å². The minimum absolute atomic E-state index is 0.0519. The maximum absolute atomic E-state index is 12.0. The molecule has 1 aliphatic rings. The van der Waals surface area contributed by atoms with Gasteiger partial charge in [-0.3, -0.25) is 4.79 Å². The molecule has 112 valence electrons. The fourth-order valence-electron chi connectivity index (χ4n) is 1.74. The molecule has 0 N–H and O–H groups in total. The van der Waals surface area contributed by atoms with Crippen LogP contribution in [0.1, 0.15) is 12.0 Å². The van der Waals surface area contributed by atoms with E-state index in [1.807, 2.05) is 30.5 Å². The summed E-state index contributed by atoms with van der Waals surface area (Å²) in [4.78, 5) is 12.7. The van der Waals surface area contributed by atoms with E-state index in [1.54, 1.807) is 11.8 Å². The first-order valence-corrected chi connectivity index (χ1v) is 7.50. The fraction of sp³-hybridized carbons (Fsp3) is 0.286. The molecule has 1 aromatic rings. The van der Waals surface area contributed by atoms with Gasteiger partial charge in [-0.05, 0) is 43.0 Å². The second-order valence-electron chi connectivity index (χ2n) is 4.22. The Hall–Kier alpha value is -1.89. The number of amides is 1. The van der Waals surface area contributed by atoms with Crippen LogP contribution in [0.3, 0.4) is 0 Å². The van der Waals surface area contributed by atoms with Crippen molar-refractivity contribution >= 4 is 23.6 Å². The van der Waals surface area contributed by atoms with E-state index < -0.39 is 6.08 Å². The molecular weight excluding hydrogens is 298 g/mol. The molecule has 1 amide bonds. The maximum atomic E-state index is 12.0. The number of nitrogens with zero attached hydrogens (tertiary/aromatic N) is 2. The largest absolute Gasteiger partial charge is 0.466 e. The van der Waals surface area contributed by atoms with Gasteiger partial charge in [0, 0.05) is 17.0 Å². The minimum atomic E-state index is -1.76. The molecular formula is C14H14F2N2O2S. The van der Waals surface area contributed by atoms with Gasteiger partial charge in [-0.15, -0.1) is 16.9 Å². The third kappa shape index (κ3) is 4.29. The summed E-state index contributed by atoms with van der Waals surface area (Å²) in [5, 5.41) is 5.25. The Morgan fingerprint density at radius 1 is 1.43 bits per heavy atom. The van der Waals surface area contributed by atoms with Crippen LogP contribution in [0.2, 0.25) is 0 Å². The summed E-state index contributed by atoms with van der Waals surface area (Å²) < 4.78 is 29.3. The molecule has 0 saturated heterocycles. The van der Waals surface area contributed by atoms with Gasteiger partial charge < -0.3 is 4.74 Å². The Kier molecular flexibility index (Phi) is 5.32. The van der Waals surface area contributed by atoms with Gasteiger partial charge in [0.2, 0.25) is 5.90 Å². The first kappa shape index (κ1) is 15.5. The molecule has 0 radical (unpaired) electrons. The summed E-state index contributed by atoms with van der Waals surface area (Å²) in [7, 11) is 0. The van der Waals surface area contributed by atoms with Crippen molar-refractivity contribution in [1.29, 1.82) is 0 Å². The number of hydrazone groups is 1. The molecule has 1 aliphatic heterocycles. The zero-order valence-electron chi connectivity index (χ0n) is 11.4. The van der Waals surface area contributed by atoms with Gasteiger partial charge in [0.05, 0.1) is 0 Å². The highest BCUT2D eigenvalue weighted by Gasteiger charge is 2.21. The normalized spacial score (nSPS) is 14.5. The number of carbonyl (C=O) groups excluding carboxylic acids is 1. The lowest BCUT2D eigenvalue weighted by Crippen LogP contribution is -2.37. The van der Waals surface area contributed by atoms with Crippen molar-refractivity contribution in [1.82, 2.24) is 5.01 Å². The van der Waals surface area contributed by atoms with E-state index in [9.17, 15) is 13.6 Å². The first-order valence-electron chi connectivity index (χ1n) is 6.27. The van der Waals surface area contributed by atoms with Gasteiger partial charge in [-0.1, -0.05) is 0 Å². The molecule has 7 heteroatoms. The van der Waals surface area contributed by atoms with Crippen LogP contribution in [0.15, 0.2) is 46.4 Å². The SMILES string of the molecule is CSc1ccc(C2=NN(CCC=C(F)F)C(=O)CO2)cc1. The number of ether oxygens (including phenoxy) is 1. The number of hydrogen-bond donors (Lipinski definition) is 0. The van der Waals surface area contributed by atoms with Crippen LogP contribution in [0.4, 0.5) is 8.78 Å². The molecule has 4 nitrogen and oxygen atoms in total. The maximum Gasteiger partial charge on any atom is 0.280 e. The summed E-state index contributed by atoms with van der Waals surface area (Å²) >= 11 is 1.62. The lowest BCUT2D eigenvalue weighted by atomic mass is 10.2. The summed E-state index contributed by atoms with van der Waals surface area (Å²) in [5.41, 5.74) is 0.748. The molecule has 0 bridgehead atoms. The zero-order chi connectivity index (χ0) is 15.2. The topological polar surface area (TPSA) is 41.9 Å². The van der Waals surface area contributed by atoms with Crippen LogP contribution < -0.4 is 0 Å². The Balaban J connectivity index is 2.11. The Morgan fingerprint density at radius 2 is 2.14 bits per heavy atom. The van der Waals surface area contributed by atoms with Crippen molar-refractivity contribution in [2.75, 3.05) is 19.4 Å². The number of thioether (sulfide) groups is 1. The van der Waals surface area contributed by atoms with Crippen molar-refractivity contribution in [3.8, 4) is 0 Å². The molecule has 0 unspecified atom stereocenters. The standard InChI is InChI=1S/C14H14F2N2O2S/c1-21-11-6-4-10(5-7-11)14-17-18(13(19)9-20-14)8-2-3-12(15)16/h3-7H,2,8-9H2,1H3. The first-order chi connectivity index (χ1) is 10.1. The van der Waals surface area contributed by atoms with Gasteiger partial charge in [0.1, 0.15) is 0 Å². The second-order valence-corrected chi connectivity index (χ2v) is 5.10. The number of carbonyl (C=O) groups is 1. The lowest BCUT2D eigenvalue weighted by Gasteiger charge is -2.23. The van der Waals surface area contributed by atoms with E-state index in [-0.39, 0.29) is 25.5 Å². The quantitative estimate of drug-likeness (QED) is 0.785. The average Bonchev–Trinajstić information content (AvgIpc) is 2.49. The molecule has 1 heterocycles. The summed E-state index contributed by atoms with van der Waals surface area (Å²) in [6, 6.07) is 7.54. The Bertz CT molecular complexity index is 569. The highest BCUT2D eigenvalue weighted by molar-refractivity contribution is 7.98. The number of halogens is 2. The van der Waals surface area contributed by atoms with E-state index in [2.05, 4.69) is 5.10 Å². The van der Waals surface area contributed by atoms with E-state index in [4.69, 9.17) is 4.74 Å². The predicted octanol–water partition coefficient (Wildman–Crippen LogP) is 3.10. The van der Waals surface area contributed by atoms with Crippen LogP contribution >= 0.6 is 11.8 Å². The molecule has 0 aliphatic carbocycles. The van der Waals surface area contributed by atoms with Crippen LogP contribution in [0.25, 0.3) is 0 Å². The monoisotopic (exact) mass is 312 g/mol. The predicted molar refractivity (Wildman–Crippen MR) is 77.3 cm³/mol.